The van der Waals surface area contributed by atoms with Gasteiger partial charge in [0.25, 0.3) is 0 Å². The van der Waals surface area contributed by atoms with E-state index >= 15 is 0 Å². The van der Waals surface area contributed by atoms with Gasteiger partial charge >= 0.3 is 0 Å². The van der Waals surface area contributed by atoms with Gasteiger partial charge in [-0.15, -0.1) is 0 Å². The molecule has 0 spiro atoms. The number of para-hydroxylation sites is 1. The summed E-state index contributed by atoms with van der Waals surface area (Å²) in [6.45, 7) is 0. The van der Waals surface area contributed by atoms with Crippen LogP contribution in [-0.4, -0.2) is 15.0 Å². The highest BCUT2D eigenvalue weighted by Gasteiger charge is 2.20. The Balaban J connectivity index is 0.967. The smallest absolute Gasteiger partial charge is 0.164 e. The minimum Gasteiger partial charge on any atom is -0.455 e. The van der Waals surface area contributed by atoms with Crippen LogP contribution in [0.25, 0.3) is 123 Å². The molecule has 12 rings (SSSR count). The van der Waals surface area contributed by atoms with Gasteiger partial charge in [0.2, 0.25) is 0 Å². The molecule has 0 fully saturated rings. The fourth-order valence-corrected chi connectivity index (χ4v) is 9.01. The molecular weight excluding hydrogens is 791 g/mol. The molecule has 4 heteroatoms. The first-order chi connectivity index (χ1) is 32.2. The monoisotopic (exact) mass is 829 g/mol. The Morgan fingerprint density at radius 1 is 0.262 bits per heavy atom. The van der Waals surface area contributed by atoms with E-state index < -0.39 is 0 Å². The van der Waals surface area contributed by atoms with Gasteiger partial charge in [-0.25, -0.2) is 15.0 Å². The summed E-state index contributed by atoms with van der Waals surface area (Å²) >= 11 is 0. The van der Waals surface area contributed by atoms with Crippen LogP contribution in [0.1, 0.15) is 0 Å². The Labute approximate surface area is 376 Å². The van der Waals surface area contributed by atoms with Crippen LogP contribution in [-0.2, 0) is 0 Å². The molecular formula is C61H39N3O. The van der Waals surface area contributed by atoms with Gasteiger partial charge in [0.05, 0.1) is 0 Å². The van der Waals surface area contributed by atoms with Crippen molar-refractivity contribution < 1.29 is 4.42 Å². The maximum atomic E-state index is 6.81. The molecule has 0 saturated heterocycles. The summed E-state index contributed by atoms with van der Waals surface area (Å²) in [4.78, 5) is 15.7. The molecule has 12 aromatic rings. The second-order valence-corrected chi connectivity index (χ2v) is 16.4. The number of rotatable bonds is 8. The molecule has 0 aliphatic carbocycles. The molecule has 0 amide bonds. The molecule has 0 aliphatic rings. The Hall–Kier alpha value is -8.73. The molecule has 0 radical (unpaired) electrons. The highest BCUT2D eigenvalue weighted by atomic mass is 16.3. The molecule has 2 aromatic heterocycles. The van der Waals surface area contributed by atoms with Crippen LogP contribution < -0.4 is 0 Å². The minimum absolute atomic E-state index is 0.580. The van der Waals surface area contributed by atoms with Crippen LogP contribution in [0.2, 0.25) is 0 Å². The highest BCUT2D eigenvalue weighted by molar-refractivity contribution is 6.15. The fourth-order valence-electron chi connectivity index (χ4n) is 9.01. The Morgan fingerprint density at radius 3 is 1.32 bits per heavy atom. The van der Waals surface area contributed by atoms with Crippen molar-refractivity contribution in [2.75, 3.05) is 0 Å². The number of aromatic nitrogens is 3. The van der Waals surface area contributed by atoms with Crippen molar-refractivity contribution in [2.24, 2.45) is 0 Å². The molecule has 0 unspecified atom stereocenters. The molecule has 65 heavy (non-hydrogen) atoms. The van der Waals surface area contributed by atoms with E-state index in [2.05, 4.69) is 206 Å². The Bertz CT molecular complexity index is 3670. The van der Waals surface area contributed by atoms with Crippen LogP contribution >= 0.6 is 0 Å². The predicted molar refractivity (Wildman–Crippen MR) is 268 cm³/mol. The van der Waals surface area contributed by atoms with Crippen LogP contribution in [0.4, 0.5) is 0 Å². The molecule has 0 atom stereocenters. The van der Waals surface area contributed by atoms with Gasteiger partial charge in [-0.3, -0.25) is 0 Å². The van der Waals surface area contributed by atoms with Crippen molar-refractivity contribution in [2.45, 2.75) is 0 Å². The van der Waals surface area contributed by atoms with Crippen LogP contribution in [0.5, 0.6) is 0 Å². The average molecular weight is 830 g/mol. The van der Waals surface area contributed by atoms with Crippen molar-refractivity contribution >= 4 is 32.7 Å². The fraction of sp³-hybridized carbons (Fsp3) is 0. The number of benzene rings is 10. The summed E-state index contributed by atoms with van der Waals surface area (Å²) in [7, 11) is 0. The standard InChI is InChI=1S/C61H39N3O/c1-4-13-40(14-5-1)43-25-27-45(28-26-43)47-19-10-20-51(38-47)53-21-11-22-54-57-55(23-12-24-56(57)65-58(53)54)61-63-59(46-31-29-44(30-32-46)41-15-6-2-7-16-41)62-60(64-61)52-36-35-49-37-48(33-34-50(49)39-52)42-17-8-3-9-18-42/h1-39H. The van der Waals surface area contributed by atoms with Gasteiger partial charge in [-0.2, -0.15) is 0 Å². The lowest BCUT2D eigenvalue weighted by Crippen LogP contribution is -2.00. The summed E-state index contributed by atoms with van der Waals surface area (Å²) < 4.78 is 6.81. The molecule has 4 nitrogen and oxygen atoms in total. The zero-order valence-corrected chi connectivity index (χ0v) is 35.3. The minimum atomic E-state index is 0.580. The van der Waals surface area contributed by atoms with E-state index in [4.69, 9.17) is 19.4 Å². The van der Waals surface area contributed by atoms with Gasteiger partial charge in [-0.1, -0.05) is 212 Å². The molecule has 2 heterocycles. The van der Waals surface area contributed by atoms with Crippen molar-refractivity contribution in [3.63, 3.8) is 0 Å². The Morgan fingerprint density at radius 2 is 0.677 bits per heavy atom. The van der Waals surface area contributed by atoms with E-state index in [1.807, 2.05) is 30.3 Å². The largest absolute Gasteiger partial charge is 0.455 e. The van der Waals surface area contributed by atoms with Gasteiger partial charge in [0, 0.05) is 33.0 Å². The lowest BCUT2D eigenvalue weighted by molar-refractivity contribution is 0.670. The second-order valence-electron chi connectivity index (χ2n) is 16.4. The third kappa shape index (κ3) is 7.23. The molecule has 0 saturated carbocycles. The lowest BCUT2D eigenvalue weighted by atomic mass is 9.96. The van der Waals surface area contributed by atoms with Crippen molar-refractivity contribution in [1.82, 2.24) is 15.0 Å². The maximum absolute atomic E-state index is 6.81. The quantitative estimate of drug-likeness (QED) is 0.153. The van der Waals surface area contributed by atoms with Crippen LogP contribution in [0.3, 0.4) is 0 Å². The van der Waals surface area contributed by atoms with E-state index in [0.29, 0.717) is 17.5 Å². The first-order valence-electron chi connectivity index (χ1n) is 21.9. The lowest BCUT2D eigenvalue weighted by Gasteiger charge is -2.11. The normalized spacial score (nSPS) is 11.4. The summed E-state index contributed by atoms with van der Waals surface area (Å²) in [5.74, 6) is 1.78. The van der Waals surface area contributed by atoms with E-state index in [1.54, 1.807) is 0 Å². The maximum Gasteiger partial charge on any atom is 0.164 e. The number of furan rings is 1. The van der Waals surface area contributed by atoms with E-state index in [0.717, 1.165) is 82.8 Å². The summed E-state index contributed by atoms with van der Waals surface area (Å²) in [5, 5.41) is 4.23. The highest BCUT2D eigenvalue weighted by Crippen LogP contribution is 2.41. The molecule has 10 aromatic carbocycles. The average Bonchev–Trinajstić information content (AvgIpc) is 3.79. The summed E-state index contributed by atoms with van der Waals surface area (Å²) in [6, 6.07) is 82.9. The van der Waals surface area contributed by atoms with E-state index in [1.165, 1.54) is 22.3 Å². The SMILES string of the molecule is c1ccc(-c2ccc(-c3cccc(-c4cccc5c4oc4cccc(-c6nc(-c7ccc(-c8ccccc8)cc7)nc(-c7ccc8cc(-c9ccccc9)ccc8c7)n6)c45)c3)cc2)cc1. The topological polar surface area (TPSA) is 51.8 Å². The number of nitrogens with zero attached hydrogens (tertiary/aromatic N) is 3. The number of hydrogen-bond acceptors (Lipinski definition) is 4. The van der Waals surface area contributed by atoms with Crippen molar-refractivity contribution in [3.8, 4) is 89.8 Å². The summed E-state index contributed by atoms with van der Waals surface area (Å²) in [5.41, 5.74) is 15.8. The van der Waals surface area contributed by atoms with E-state index in [9.17, 15) is 0 Å². The molecule has 0 bridgehead atoms. The van der Waals surface area contributed by atoms with Gasteiger partial charge < -0.3 is 4.42 Å². The van der Waals surface area contributed by atoms with Crippen LogP contribution in [0, 0.1) is 0 Å². The predicted octanol–water partition coefficient (Wildman–Crippen LogP) is 16.3. The van der Waals surface area contributed by atoms with Crippen molar-refractivity contribution in [1.29, 1.82) is 0 Å². The van der Waals surface area contributed by atoms with Gasteiger partial charge in [0.15, 0.2) is 17.5 Å². The van der Waals surface area contributed by atoms with Gasteiger partial charge in [-0.05, 0) is 85.1 Å². The zero-order valence-electron chi connectivity index (χ0n) is 35.3. The first kappa shape index (κ1) is 38.0. The second kappa shape index (κ2) is 16.2. The Kier molecular flexibility index (Phi) is 9.46. The molecule has 0 aliphatic heterocycles. The van der Waals surface area contributed by atoms with Crippen molar-refractivity contribution in [3.05, 3.63) is 237 Å². The van der Waals surface area contributed by atoms with E-state index in [-0.39, 0.29) is 0 Å². The third-order valence-electron chi connectivity index (χ3n) is 12.4. The molecule has 304 valence electrons. The first-order valence-corrected chi connectivity index (χ1v) is 21.9. The number of hydrogen-bond donors (Lipinski definition) is 0. The van der Waals surface area contributed by atoms with Crippen LogP contribution in [0.15, 0.2) is 241 Å². The zero-order chi connectivity index (χ0) is 43.1. The number of fused-ring (bicyclic) bond motifs is 4. The van der Waals surface area contributed by atoms with Gasteiger partial charge in [0.1, 0.15) is 11.2 Å². The third-order valence-corrected chi connectivity index (χ3v) is 12.4. The molecule has 0 N–H and O–H groups in total. The summed E-state index contributed by atoms with van der Waals surface area (Å²) in [6.07, 6.45) is 0.